The Labute approximate surface area is 244 Å². The molecule has 0 bridgehead atoms. The zero-order valence-electron chi connectivity index (χ0n) is 23.8. The molecule has 6 aromatic rings. The summed E-state index contributed by atoms with van der Waals surface area (Å²) in [7, 11) is 2.14. The average molecular weight is 526 g/mol. The van der Waals surface area contributed by atoms with E-state index in [0.717, 1.165) is 11.4 Å². The van der Waals surface area contributed by atoms with E-state index in [1.54, 1.807) is 0 Å². The summed E-state index contributed by atoms with van der Waals surface area (Å²) in [5, 5.41) is 0. The van der Waals surface area contributed by atoms with Gasteiger partial charge in [-0.25, -0.2) is 0 Å². The van der Waals surface area contributed by atoms with Crippen LogP contribution in [-0.2, 0) is 5.41 Å². The molecule has 0 saturated carbocycles. The molecule has 0 atom stereocenters. The largest absolute Gasteiger partial charge is 0.310 e. The number of benzene rings is 6. The van der Waals surface area contributed by atoms with Gasteiger partial charge in [-0.15, -0.1) is 0 Å². The van der Waals surface area contributed by atoms with Crippen LogP contribution in [-0.4, -0.2) is 7.85 Å². The topological polar surface area (TPSA) is 3.24 Å². The van der Waals surface area contributed by atoms with Gasteiger partial charge in [-0.05, 0) is 80.9 Å². The van der Waals surface area contributed by atoms with Crippen molar-refractivity contribution < 1.29 is 0 Å². The van der Waals surface area contributed by atoms with Crippen molar-refractivity contribution in [1.82, 2.24) is 0 Å². The van der Waals surface area contributed by atoms with E-state index < -0.39 is 0 Å². The highest BCUT2D eigenvalue weighted by atomic mass is 15.1. The van der Waals surface area contributed by atoms with E-state index in [2.05, 4.69) is 172 Å². The zero-order chi connectivity index (χ0) is 28.0. The first-order chi connectivity index (χ1) is 20.0. The molecule has 0 N–H and O–H groups in total. The Bertz CT molecular complexity index is 1830. The second kappa shape index (κ2) is 9.98. The molecule has 0 radical (unpaired) electrons. The molecule has 0 aromatic heterocycles. The number of anilines is 3. The molecule has 0 heterocycles. The van der Waals surface area contributed by atoms with Crippen LogP contribution in [0.5, 0.6) is 0 Å². The second-order valence-corrected chi connectivity index (χ2v) is 11.6. The van der Waals surface area contributed by atoms with Crippen molar-refractivity contribution >= 4 is 30.4 Å². The summed E-state index contributed by atoms with van der Waals surface area (Å²) >= 11 is 0. The Morgan fingerprint density at radius 1 is 0.439 bits per heavy atom. The molecule has 0 spiro atoms. The van der Waals surface area contributed by atoms with E-state index in [4.69, 9.17) is 0 Å². The Morgan fingerprint density at radius 3 is 1.54 bits per heavy atom. The lowest BCUT2D eigenvalue weighted by Gasteiger charge is -2.28. The molecular weight excluding hydrogens is 493 g/mol. The lowest BCUT2D eigenvalue weighted by atomic mass is 9.82. The molecule has 1 nitrogen and oxygen atoms in total. The van der Waals surface area contributed by atoms with Gasteiger partial charge in [-0.3, -0.25) is 0 Å². The molecule has 2 heteroatoms. The van der Waals surface area contributed by atoms with Gasteiger partial charge in [0.1, 0.15) is 7.85 Å². The van der Waals surface area contributed by atoms with Gasteiger partial charge in [0.15, 0.2) is 0 Å². The summed E-state index contributed by atoms with van der Waals surface area (Å²) in [5.41, 5.74) is 15.1. The number of hydrogen-bond acceptors (Lipinski definition) is 1. The third-order valence-corrected chi connectivity index (χ3v) is 8.57. The number of nitrogens with zero attached hydrogens (tertiary/aromatic N) is 1. The van der Waals surface area contributed by atoms with Crippen molar-refractivity contribution in [3.63, 3.8) is 0 Å². The minimum Gasteiger partial charge on any atom is -0.310 e. The van der Waals surface area contributed by atoms with Gasteiger partial charge in [-0.1, -0.05) is 129 Å². The van der Waals surface area contributed by atoms with Crippen molar-refractivity contribution in [2.75, 3.05) is 4.90 Å². The van der Waals surface area contributed by atoms with Crippen LogP contribution in [0.3, 0.4) is 0 Å². The predicted octanol–water partition coefficient (Wildman–Crippen LogP) is 9.06. The Balaban J connectivity index is 1.27. The van der Waals surface area contributed by atoms with Gasteiger partial charge < -0.3 is 4.90 Å². The molecule has 7 rings (SSSR count). The standard InChI is InChI=1S/C39H32BN/c1-39(2)37-11-7-6-10-35(37)36-25-24-34(26-38(36)39)41(33-22-18-31(40)19-23-33)32-20-16-30(17-21-32)29-14-12-28(13-15-29)27-8-4-3-5-9-27/h3-26H,40H2,1-2H3. The minimum atomic E-state index is -0.0450. The third-order valence-electron chi connectivity index (χ3n) is 8.57. The van der Waals surface area contributed by atoms with E-state index in [0.29, 0.717) is 0 Å². The fraction of sp³-hybridized carbons (Fsp3) is 0.0769. The van der Waals surface area contributed by atoms with Gasteiger partial charge in [0, 0.05) is 22.5 Å². The van der Waals surface area contributed by atoms with E-state index in [9.17, 15) is 0 Å². The van der Waals surface area contributed by atoms with E-state index in [-0.39, 0.29) is 5.41 Å². The van der Waals surface area contributed by atoms with Crippen LogP contribution in [0.2, 0.25) is 0 Å². The SMILES string of the molecule is Bc1ccc(N(c2ccc(-c3ccc(-c4ccccc4)cc3)cc2)c2ccc3c(c2)C(C)(C)c2ccccc2-3)cc1. The van der Waals surface area contributed by atoms with Crippen LogP contribution < -0.4 is 10.4 Å². The third kappa shape index (κ3) is 4.46. The van der Waals surface area contributed by atoms with Gasteiger partial charge in [0.2, 0.25) is 0 Å². The number of fused-ring (bicyclic) bond motifs is 3. The quantitative estimate of drug-likeness (QED) is 0.203. The summed E-state index contributed by atoms with van der Waals surface area (Å²) in [6.07, 6.45) is 0. The lowest BCUT2D eigenvalue weighted by molar-refractivity contribution is 0.660. The molecule has 41 heavy (non-hydrogen) atoms. The normalized spacial score (nSPS) is 12.9. The van der Waals surface area contributed by atoms with Gasteiger partial charge in [-0.2, -0.15) is 0 Å². The first kappa shape index (κ1) is 25.2. The maximum Gasteiger partial charge on any atom is 0.139 e. The fourth-order valence-corrected chi connectivity index (χ4v) is 6.26. The molecule has 1 aliphatic carbocycles. The molecule has 6 aromatic carbocycles. The van der Waals surface area contributed by atoms with Crippen LogP contribution in [0.15, 0.2) is 146 Å². The Kier molecular flexibility index (Phi) is 6.13. The van der Waals surface area contributed by atoms with Crippen molar-refractivity contribution in [2.24, 2.45) is 0 Å². The maximum atomic E-state index is 2.39. The predicted molar refractivity (Wildman–Crippen MR) is 178 cm³/mol. The summed E-state index contributed by atoms with van der Waals surface area (Å²) < 4.78 is 0. The minimum absolute atomic E-state index is 0.0450. The van der Waals surface area contributed by atoms with E-state index >= 15 is 0 Å². The van der Waals surface area contributed by atoms with Crippen LogP contribution in [0.1, 0.15) is 25.0 Å². The Hall–Kier alpha value is -4.82. The highest BCUT2D eigenvalue weighted by Gasteiger charge is 2.35. The van der Waals surface area contributed by atoms with Crippen molar-refractivity contribution in [3.8, 4) is 33.4 Å². The number of rotatable bonds is 5. The summed E-state index contributed by atoms with van der Waals surface area (Å²) in [4.78, 5) is 2.38. The summed E-state index contributed by atoms with van der Waals surface area (Å²) in [6, 6.07) is 53.0. The van der Waals surface area contributed by atoms with E-state index in [1.165, 1.54) is 55.7 Å². The van der Waals surface area contributed by atoms with Crippen molar-refractivity contribution in [3.05, 3.63) is 157 Å². The lowest BCUT2D eigenvalue weighted by Crippen LogP contribution is -2.16. The molecule has 0 saturated heterocycles. The fourth-order valence-electron chi connectivity index (χ4n) is 6.26. The first-order valence-corrected chi connectivity index (χ1v) is 14.4. The first-order valence-electron chi connectivity index (χ1n) is 14.4. The van der Waals surface area contributed by atoms with Crippen molar-refractivity contribution in [2.45, 2.75) is 19.3 Å². The zero-order valence-corrected chi connectivity index (χ0v) is 23.8. The van der Waals surface area contributed by atoms with Crippen LogP contribution in [0.4, 0.5) is 17.1 Å². The highest BCUT2D eigenvalue weighted by molar-refractivity contribution is 6.32. The number of hydrogen-bond donors (Lipinski definition) is 0. The molecule has 0 amide bonds. The molecule has 0 aliphatic heterocycles. The highest BCUT2D eigenvalue weighted by Crippen LogP contribution is 2.50. The van der Waals surface area contributed by atoms with Gasteiger partial charge in [0.05, 0.1) is 0 Å². The second-order valence-electron chi connectivity index (χ2n) is 11.6. The van der Waals surface area contributed by atoms with Crippen molar-refractivity contribution in [1.29, 1.82) is 0 Å². The van der Waals surface area contributed by atoms with Gasteiger partial charge >= 0.3 is 0 Å². The van der Waals surface area contributed by atoms with Crippen LogP contribution in [0, 0.1) is 0 Å². The van der Waals surface area contributed by atoms with E-state index in [1.807, 2.05) is 0 Å². The molecule has 196 valence electrons. The van der Waals surface area contributed by atoms with Crippen LogP contribution in [0.25, 0.3) is 33.4 Å². The smallest absolute Gasteiger partial charge is 0.139 e. The Morgan fingerprint density at radius 2 is 0.902 bits per heavy atom. The summed E-state index contributed by atoms with van der Waals surface area (Å²) in [5.74, 6) is 0. The molecule has 0 unspecified atom stereocenters. The van der Waals surface area contributed by atoms with Gasteiger partial charge in [0.25, 0.3) is 0 Å². The molecular formula is C39H32BN. The van der Waals surface area contributed by atoms with Crippen LogP contribution >= 0.6 is 0 Å². The molecule has 1 aliphatic rings. The summed E-state index contributed by atoms with van der Waals surface area (Å²) in [6.45, 7) is 4.69. The monoisotopic (exact) mass is 525 g/mol. The molecule has 0 fully saturated rings. The average Bonchev–Trinajstić information content (AvgIpc) is 3.25. The maximum absolute atomic E-state index is 2.39.